The van der Waals surface area contributed by atoms with E-state index in [2.05, 4.69) is 32.6 Å². The normalized spacial score (nSPS) is 10.6. The Bertz CT molecular complexity index is 444. The van der Waals surface area contributed by atoms with Crippen LogP contribution in [-0.4, -0.2) is 14.4 Å². The number of aromatic nitrogens is 3. The molecule has 0 bridgehead atoms. The van der Waals surface area contributed by atoms with Gasteiger partial charge < -0.3 is 4.98 Å². The van der Waals surface area contributed by atoms with Crippen LogP contribution in [0.15, 0.2) is 18.6 Å². The molecule has 0 saturated heterocycles. The van der Waals surface area contributed by atoms with Crippen LogP contribution in [-0.2, 0) is 0 Å². The van der Waals surface area contributed by atoms with E-state index in [4.69, 9.17) is 12.2 Å². The number of fused-ring (bicyclic) bond motifs is 1. The molecule has 0 saturated carbocycles. The zero-order valence-corrected chi connectivity index (χ0v) is 8.39. The van der Waals surface area contributed by atoms with E-state index in [1.54, 1.807) is 6.20 Å². The molecule has 5 heteroatoms. The number of imidazole rings is 1. The lowest BCUT2D eigenvalue weighted by molar-refractivity contribution is 1.08. The SMILES string of the molecule is S=c1[nH]c2nccn2cc1I. The van der Waals surface area contributed by atoms with E-state index in [0.717, 1.165) is 14.0 Å². The lowest BCUT2D eigenvalue weighted by Crippen LogP contribution is -1.89. The highest BCUT2D eigenvalue weighted by atomic mass is 127. The van der Waals surface area contributed by atoms with Crippen LogP contribution >= 0.6 is 34.8 Å². The second-order valence-electron chi connectivity index (χ2n) is 2.09. The van der Waals surface area contributed by atoms with Gasteiger partial charge in [-0.1, -0.05) is 12.2 Å². The van der Waals surface area contributed by atoms with Crippen LogP contribution in [0.1, 0.15) is 0 Å². The summed E-state index contributed by atoms with van der Waals surface area (Å²) in [6.45, 7) is 0. The van der Waals surface area contributed by atoms with E-state index >= 15 is 0 Å². The van der Waals surface area contributed by atoms with E-state index in [1.165, 1.54) is 0 Å². The molecule has 0 aliphatic heterocycles. The van der Waals surface area contributed by atoms with Crippen molar-refractivity contribution in [1.82, 2.24) is 14.4 Å². The summed E-state index contributed by atoms with van der Waals surface area (Å²) >= 11 is 7.22. The van der Waals surface area contributed by atoms with Gasteiger partial charge in [0.05, 0.1) is 3.57 Å². The predicted molar refractivity (Wildman–Crippen MR) is 53.1 cm³/mol. The zero-order valence-electron chi connectivity index (χ0n) is 5.41. The quantitative estimate of drug-likeness (QED) is 0.590. The molecule has 2 aromatic heterocycles. The number of hydrogen-bond acceptors (Lipinski definition) is 2. The summed E-state index contributed by atoms with van der Waals surface area (Å²) in [7, 11) is 0. The smallest absolute Gasteiger partial charge is 0.212 e. The predicted octanol–water partition coefficient (Wildman–Crippen LogP) is 2.00. The summed E-state index contributed by atoms with van der Waals surface area (Å²) in [5, 5.41) is 0. The minimum atomic E-state index is 0.740. The standard InChI is InChI=1S/C6H4IN3S/c7-4-3-10-2-1-8-6(10)9-5(4)11/h1-3H,(H,8,9,11). The fourth-order valence-electron chi connectivity index (χ4n) is 0.856. The number of aromatic amines is 1. The van der Waals surface area contributed by atoms with Gasteiger partial charge in [-0.15, -0.1) is 0 Å². The fourth-order valence-corrected chi connectivity index (χ4v) is 1.43. The number of H-pyrrole nitrogens is 1. The first-order chi connectivity index (χ1) is 5.27. The molecule has 11 heavy (non-hydrogen) atoms. The van der Waals surface area contributed by atoms with Crippen molar-refractivity contribution < 1.29 is 0 Å². The molecule has 56 valence electrons. The molecule has 2 aromatic rings. The molecule has 0 atom stereocenters. The zero-order chi connectivity index (χ0) is 7.84. The van der Waals surface area contributed by atoms with Gasteiger partial charge in [-0.25, -0.2) is 4.98 Å². The molecule has 2 rings (SSSR count). The Morgan fingerprint density at radius 1 is 1.64 bits per heavy atom. The van der Waals surface area contributed by atoms with Gasteiger partial charge in [0, 0.05) is 18.6 Å². The highest BCUT2D eigenvalue weighted by Gasteiger charge is 1.95. The molecule has 3 nitrogen and oxygen atoms in total. The van der Waals surface area contributed by atoms with Crippen LogP contribution in [0, 0.1) is 8.21 Å². The monoisotopic (exact) mass is 277 g/mol. The summed E-state index contributed by atoms with van der Waals surface area (Å²) in [6.07, 6.45) is 5.56. The highest BCUT2D eigenvalue weighted by molar-refractivity contribution is 14.1. The number of nitrogens with one attached hydrogen (secondary N) is 1. The molecule has 1 N–H and O–H groups in total. The van der Waals surface area contributed by atoms with Crippen molar-refractivity contribution in [2.24, 2.45) is 0 Å². The molecule has 0 radical (unpaired) electrons. The summed E-state index contributed by atoms with van der Waals surface area (Å²) < 4.78 is 3.67. The van der Waals surface area contributed by atoms with Gasteiger partial charge in [0.1, 0.15) is 4.64 Å². The maximum absolute atomic E-state index is 5.03. The molecule has 0 spiro atoms. The Hall–Kier alpha value is -0.430. The minimum absolute atomic E-state index is 0.740. The molecule has 0 aliphatic carbocycles. The van der Waals surface area contributed by atoms with Crippen LogP contribution in [0.2, 0.25) is 0 Å². The highest BCUT2D eigenvalue weighted by Crippen LogP contribution is 2.05. The molecule has 0 aromatic carbocycles. The average molecular weight is 277 g/mol. The van der Waals surface area contributed by atoms with Crippen molar-refractivity contribution in [3.63, 3.8) is 0 Å². The summed E-state index contributed by atoms with van der Waals surface area (Å²) in [4.78, 5) is 7.06. The van der Waals surface area contributed by atoms with E-state index in [0.29, 0.717) is 0 Å². The largest absolute Gasteiger partial charge is 0.315 e. The Balaban J connectivity index is 2.97. The van der Waals surface area contributed by atoms with Gasteiger partial charge in [0.15, 0.2) is 0 Å². The molecule has 0 aliphatic rings. The van der Waals surface area contributed by atoms with Crippen LogP contribution in [0.5, 0.6) is 0 Å². The summed E-state index contributed by atoms with van der Waals surface area (Å²) in [5.74, 6) is 0.787. The second kappa shape index (κ2) is 2.56. The average Bonchev–Trinajstić information content (AvgIpc) is 2.36. The molecular formula is C6H4IN3S. The van der Waals surface area contributed by atoms with Crippen LogP contribution in [0.4, 0.5) is 0 Å². The summed E-state index contributed by atoms with van der Waals surface area (Å²) in [6, 6.07) is 0. The summed E-state index contributed by atoms with van der Waals surface area (Å²) in [5.41, 5.74) is 0. The molecule has 2 heterocycles. The van der Waals surface area contributed by atoms with Crippen molar-refractivity contribution in [3.8, 4) is 0 Å². The first-order valence-corrected chi connectivity index (χ1v) is 4.47. The third-order valence-corrected chi connectivity index (χ3v) is 2.87. The topological polar surface area (TPSA) is 33.1 Å². The molecule has 0 fully saturated rings. The Morgan fingerprint density at radius 3 is 3.27 bits per heavy atom. The minimum Gasteiger partial charge on any atom is -0.315 e. The van der Waals surface area contributed by atoms with Gasteiger partial charge >= 0.3 is 0 Å². The van der Waals surface area contributed by atoms with Gasteiger partial charge in [-0.3, -0.25) is 4.40 Å². The van der Waals surface area contributed by atoms with Crippen molar-refractivity contribution in [1.29, 1.82) is 0 Å². The van der Waals surface area contributed by atoms with Crippen LogP contribution in [0.3, 0.4) is 0 Å². The van der Waals surface area contributed by atoms with E-state index in [-0.39, 0.29) is 0 Å². The van der Waals surface area contributed by atoms with Gasteiger partial charge in [-0.05, 0) is 22.6 Å². The number of hydrogen-bond donors (Lipinski definition) is 1. The second-order valence-corrected chi connectivity index (χ2v) is 3.66. The van der Waals surface area contributed by atoms with E-state index < -0.39 is 0 Å². The first kappa shape index (κ1) is 7.23. The van der Waals surface area contributed by atoms with Gasteiger partial charge in [0.25, 0.3) is 0 Å². The van der Waals surface area contributed by atoms with Crippen LogP contribution < -0.4 is 0 Å². The Kier molecular flexibility index (Phi) is 1.68. The third kappa shape index (κ3) is 1.18. The number of rotatable bonds is 0. The lowest BCUT2D eigenvalue weighted by Gasteiger charge is -1.93. The first-order valence-electron chi connectivity index (χ1n) is 2.99. The molecule has 0 unspecified atom stereocenters. The Labute approximate surface area is 81.6 Å². The maximum Gasteiger partial charge on any atom is 0.212 e. The van der Waals surface area contributed by atoms with Crippen molar-refractivity contribution in [2.45, 2.75) is 0 Å². The molecule has 0 amide bonds. The Morgan fingerprint density at radius 2 is 2.45 bits per heavy atom. The van der Waals surface area contributed by atoms with Crippen molar-refractivity contribution in [2.75, 3.05) is 0 Å². The molecular weight excluding hydrogens is 273 g/mol. The number of halogens is 1. The van der Waals surface area contributed by atoms with Gasteiger partial charge in [0.2, 0.25) is 5.78 Å². The van der Waals surface area contributed by atoms with E-state index in [1.807, 2.05) is 16.8 Å². The van der Waals surface area contributed by atoms with Crippen molar-refractivity contribution >= 4 is 40.6 Å². The fraction of sp³-hybridized carbons (Fsp3) is 0. The lowest BCUT2D eigenvalue weighted by atomic mass is 10.7. The van der Waals surface area contributed by atoms with Crippen LogP contribution in [0.25, 0.3) is 5.78 Å². The third-order valence-electron chi connectivity index (χ3n) is 1.36. The van der Waals surface area contributed by atoms with E-state index in [9.17, 15) is 0 Å². The maximum atomic E-state index is 5.03. The van der Waals surface area contributed by atoms with Crippen molar-refractivity contribution in [3.05, 3.63) is 26.8 Å². The van der Waals surface area contributed by atoms with Gasteiger partial charge in [-0.2, -0.15) is 0 Å². The number of nitrogens with zero attached hydrogens (tertiary/aromatic N) is 2.